The van der Waals surface area contributed by atoms with Crippen LogP contribution in [0.3, 0.4) is 0 Å². The molecule has 2 aromatic carbocycles. The van der Waals surface area contributed by atoms with E-state index < -0.39 is 0 Å². The van der Waals surface area contributed by atoms with Gasteiger partial charge in [-0.05, 0) is 36.1 Å². The molecule has 2 aromatic heterocycles. The fourth-order valence-electron chi connectivity index (χ4n) is 3.32. The van der Waals surface area contributed by atoms with Crippen molar-refractivity contribution < 1.29 is 5.11 Å². The Bertz CT molecular complexity index is 935. The van der Waals surface area contributed by atoms with Crippen molar-refractivity contribution in [1.82, 2.24) is 9.97 Å². The van der Waals surface area contributed by atoms with Crippen molar-refractivity contribution in [3.63, 3.8) is 0 Å². The molecule has 1 atom stereocenters. The number of aliphatic hydroxyl groups excluding tert-OH is 1. The van der Waals surface area contributed by atoms with Crippen LogP contribution >= 0.6 is 0 Å². The Morgan fingerprint density at radius 3 is 2.04 bits per heavy atom. The van der Waals surface area contributed by atoms with Gasteiger partial charge in [-0.15, -0.1) is 0 Å². The molecule has 3 N–H and O–H groups in total. The number of aryl methyl sites for hydroxylation is 1. The van der Waals surface area contributed by atoms with E-state index in [4.69, 9.17) is 0 Å². The first kappa shape index (κ1) is 14.1. The maximum Gasteiger partial charge on any atom is 0.0584 e. The van der Waals surface area contributed by atoms with E-state index in [1.807, 2.05) is 24.4 Å². The minimum Gasteiger partial charge on any atom is -0.393 e. The minimum absolute atomic E-state index is 0.331. The van der Waals surface area contributed by atoms with Crippen LogP contribution in [-0.2, 0) is 12.8 Å². The third-order valence-electron chi connectivity index (χ3n) is 4.55. The molecule has 0 amide bonds. The molecular weight excluding hydrogens is 284 g/mol. The van der Waals surface area contributed by atoms with E-state index in [1.165, 1.54) is 21.9 Å². The second-order valence-corrected chi connectivity index (χ2v) is 6.12. The van der Waals surface area contributed by atoms with Crippen LogP contribution in [0.25, 0.3) is 21.8 Å². The van der Waals surface area contributed by atoms with E-state index in [0.29, 0.717) is 6.42 Å². The van der Waals surface area contributed by atoms with Gasteiger partial charge in [0.2, 0.25) is 0 Å². The van der Waals surface area contributed by atoms with Gasteiger partial charge in [0.1, 0.15) is 0 Å². The summed E-state index contributed by atoms with van der Waals surface area (Å²) < 4.78 is 0. The maximum atomic E-state index is 10.4. The van der Waals surface area contributed by atoms with E-state index in [-0.39, 0.29) is 6.10 Å². The van der Waals surface area contributed by atoms with Gasteiger partial charge < -0.3 is 15.1 Å². The standard InChI is InChI=1S/C20H20N2O/c23-16(11-15-13-22-20-8-4-2-6-18(15)20)10-9-14-12-21-19-7-3-1-5-17(14)19/h1-8,12-13,16,21-23H,9-11H2. The molecule has 3 heteroatoms. The summed E-state index contributed by atoms with van der Waals surface area (Å²) in [5, 5.41) is 12.9. The van der Waals surface area contributed by atoms with E-state index in [1.54, 1.807) is 0 Å². The van der Waals surface area contributed by atoms with Crippen molar-refractivity contribution in [1.29, 1.82) is 0 Å². The van der Waals surface area contributed by atoms with Gasteiger partial charge in [0.15, 0.2) is 0 Å². The van der Waals surface area contributed by atoms with E-state index in [9.17, 15) is 5.11 Å². The van der Waals surface area contributed by atoms with E-state index in [2.05, 4.69) is 46.5 Å². The number of benzene rings is 2. The average molecular weight is 304 g/mol. The van der Waals surface area contributed by atoms with Gasteiger partial charge in [0.05, 0.1) is 6.10 Å². The molecule has 0 fully saturated rings. The Hall–Kier alpha value is -2.52. The van der Waals surface area contributed by atoms with E-state index >= 15 is 0 Å². The molecule has 3 nitrogen and oxygen atoms in total. The predicted octanol–water partition coefficient (Wildman–Crippen LogP) is 4.19. The van der Waals surface area contributed by atoms with Crippen molar-refractivity contribution in [3.05, 3.63) is 72.1 Å². The molecule has 0 radical (unpaired) electrons. The summed E-state index contributed by atoms with van der Waals surface area (Å²) in [6, 6.07) is 16.5. The number of H-pyrrole nitrogens is 2. The maximum absolute atomic E-state index is 10.4. The summed E-state index contributed by atoms with van der Waals surface area (Å²) in [5.74, 6) is 0. The van der Waals surface area contributed by atoms with Crippen LogP contribution < -0.4 is 0 Å². The highest BCUT2D eigenvalue weighted by Gasteiger charge is 2.11. The quantitative estimate of drug-likeness (QED) is 0.509. The van der Waals surface area contributed by atoms with E-state index in [0.717, 1.165) is 23.9 Å². The van der Waals surface area contributed by atoms with Gasteiger partial charge in [-0.3, -0.25) is 0 Å². The number of aromatic nitrogens is 2. The molecule has 23 heavy (non-hydrogen) atoms. The Kier molecular flexibility index (Phi) is 3.64. The number of aliphatic hydroxyl groups is 1. The summed E-state index contributed by atoms with van der Waals surface area (Å²) >= 11 is 0. The fraction of sp³-hybridized carbons (Fsp3) is 0.200. The number of hydrogen-bond acceptors (Lipinski definition) is 1. The monoisotopic (exact) mass is 304 g/mol. The number of hydrogen-bond donors (Lipinski definition) is 3. The van der Waals surface area contributed by atoms with Crippen LogP contribution in [-0.4, -0.2) is 21.2 Å². The molecule has 0 spiro atoms. The van der Waals surface area contributed by atoms with Gasteiger partial charge in [0.25, 0.3) is 0 Å². The normalized spacial score (nSPS) is 12.9. The highest BCUT2D eigenvalue weighted by molar-refractivity contribution is 5.83. The van der Waals surface area contributed by atoms with Gasteiger partial charge >= 0.3 is 0 Å². The molecule has 116 valence electrons. The largest absolute Gasteiger partial charge is 0.393 e. The zero-order valence-electron chi connectivity index (χ0n) is 12.9. The number of rotatable bonds is 5. The summed E-state index contributed by atoms with van der Waals surface area (Å²) in [6.07, 6.45) is 6.08. The summed E-state index contributed by atoms with van der Waals surface area (Å²) in [5.41, 5.74) is 4.76. The second-order valence-electron chi connectivity index (χ2n) is 6.12. The van der Waals surface area contributed by atoms with Crippen LogP contribution in [0.5, 0.6) is 0 Å². The van der Waals surface area contributed by atoms with Crippen molar-refractivity contribution in [3.8, 4) is 0 Å². The highest BCUT2D eigenvalue weighted by Crippen LogP contribution is 2.22. The predicted molar refractivity (Wildman–Crippen MR) is 94.6 cm³/mol. The number of para-hydroxylation sites is 2. The number of nitrogens with one attached hydrogen (secondary N) is 2. The average Bonchev–Trinajstić information content (AvgIpc) is 3.18. The van der Waals surface area contributed by atoms with Gasteiger partial charge in [-0.25, -0.2) is 0 Å². The summed E-state index contributed by atoms with van der Waals surface area (Å²) in [7, 11) is 0. The van der Waals surface area contributed by atoms with Crippen LogP contribution in [0.15, 0.2) is 60.9 Å². The summed E-state index contributed by atoms with van der Waals surface area (Å²) in [4.78, 5) is 6.57. The third-order valence-corrected chi connectivity index (χ3v) is 4.55. The van der Waals surface area contributed by atoms with Crippen molar-refractivity contribution in [2.24, 2.45) is 0 Å². The van der Waals surface area contributed by atoms with Crippen molar-refractivity contribution in [2.75, 3.05) is 0 Å². The highest BCUT2D eigenvalue weighted by atomic mass is 16.3. The lowest BCUT2D eigenvalue weighted by molar-refractivity contribution is 0.165. The molecule has 2 heterocycles. The topological polar surface area (TPSA) is 51.8 Å². The molecule has 1 unspecified atom stereocenters. The Morgan fingerprint density at radius 2 is 1.35 bits per heavy atom. The van der Waals surface area contributed by atoms with Crippen molar-refractivity contribution >= 4 is 21.8 Å². The van der Waals surface area contributed by atoms with Crippen LogP contribution in [0, 0.1) is 0 Å². The molecule has 0 saturated carbocycles. The molecule has 4 aromatic rings. The minimum atomic E-state index is -0.331. The number of aromatic amines is 2. The SMILES string of the molecule is OC(CCc1c[nH]c2ccccc12)Cc1c[nH]c2ccccc12. The lowest BCUT2D eigenvalue weighted by Crippen LogP contribution is -2.11. The first-order chi connectivity index (χ1) is 11.3. The second kappa shape index (κ2) is 5.94. The van der Waals surface area contributed by atoms with Gasteiger partial charge in [0, 0.05) is 40.6 Å². The van der Waals surface area contributed by atoms with Gasteiger partial charge in [-0.2, -0.15) is 0 Å². The molecular formula is C20H20N2O. The fourth-order valence-corrected chi connectivity index (χ4v) is 3.32. The number of fused-ring (bicyclic) bond motifs is 2. The lowest BCUT2D eigenvalue weighted by atomic mass is 10.0. The van der Waals surface area contributed by atoms with Crippen LogP contribution in [0.1, 0.15) is 17.5 Å². The third kappa shape index (κ3) is 2.76. The molecule has 0 aliphatic heterocycles. The Morgan fingerprint density at radius 1 is 0.783 bits per heavy atom. The molecule has 0 aliphatic rings. The van der Waals surface area contributed by atoms with Crippen LogP contribution in [0.2, 0.25) is 0 Å². The lowest BCUT2D eigenvalue weighted by Gasteiger charge is -2.09. The molecule has 4 rings (SSSR count). The first-order valence-corrected chi connectivity index (χ1v) is 8.09. The Balaban J connectivity index is 1.45. The van der Waals surface area contributed by atoms with Gasteiger partial charge in [-0.1, -0.05) is 36.4 Å². The molecule has 0 aliphatic carbocycles. The Labute approximate surface area is 135 Å². The zero-order chi connectivity index (χ0) is 15.6. The first-order valence-electron chi connectivity index (χ1n) is 8.09. The smallest absolute Gasteiger partial charge is 0.0584 e. The summed E-state index contributed by atoms with van der Waals surface area (Å²) in [6.45, 7) is 0. The molecule has 0 bridgehead atoms. The van der Waals surface area contributed by atoms with Crippen molar-refractivity contribution in [2.45, 2.75) is 25.4 Å². The van der Waals surface area contributed by atoms with Crippen LogP contribution in [0.4, 0.5) is 0 Å². The molecule has 0 saturated heterocycles. The zero-order valence-corrected chi connectivity index (χ0v) is 12.9.